The number of aryl methyl sites for hydroxylation is 1. The number of benzene rings is 1. The second-order valence-corrected chi connectivity index (χ2v) is 11.6. The molecule has 0 amide bonds. The average Bonchev–Trinajstić information content (AvgIpc) is 3.01. The van der Waals surface area contributed by atoms with Crippen molar-refractivity contribution in [1.82, 2.24) is 9.97 Å². The molecule has 0 spiro atoms. The van der Waals surface area contributed by atoms with Crippen LogP contribution in [0.1, 0.15) is 56.2 Å². The van der Waals surface area contributed by atoms with Crippen LogP contribution in [0.4, 0.5) is 43.5 Å². The van der Waals surface area contributed by atoms with E-state index in [2.05, 4.69) is 24.9 Å². The molecule has 2 aliphatic rings. The zero-order valence-corrected chi connectivity index (χ0v) is 24.7. The molecule has 0 atom stereocenters. The number of piperidine rings is 1. The summed E-state index contributed by atoms with van der Waals surface area (Å²) in [6, 6.07) is 9.43. The molecule has 1 aliphatic heterocycles. The molecule has 15 heteroatoms. The normalized spacial score (nSPS) is 19.5. The molecule has 3 aromatic rings. The summed E-state index contributed by atoms with van der Waals surface area (Å²) in [7, 11) is 0. The summed E-state index contributed by atoms with van der Waals surface area (Å²) in [6.45, 7) is 1.50. The molecule has 2 fully saturated rings. The number of anilines is 2. The Balaban J connectivity index is 1.05. The highest BCUT2D eigenvalue weighted by Gasteiger charge is 2.38. The number of alkyl halides is 6. The van der Waals surface area contributed by atoms with Crippen LogP contribution >= 0.6 is 0 Å². The number of nitrogens with one attached hydrogen (secondary N) is 1. The van der Waals surface area contributed by atoms with E-state index in [1.807, 2.05) is 6.07 Å². The standard InChI is InChI=1S/C31H33F6N5O4/c32-30(33,34)27-18-23(5-9-28(27)42(43)44)40-21-3-6-24(7-4-21)45-25-11-14-38-22(17-25)2-1-20-12-15-41(16-13-20)29-10-8-26(19-39-29)46-31(35,36)37/h5,8-11,14,17-21,24,40H,1-4,6-7,12-13,15-16H2. The van der Waals surface area contributed by atoms with Crippen molar-refractivity contribution in [3.8, 4) is 11.5 Å². The van der Waals surface area contributed by atoms with Gasteiger partial charge in [-0.3, -0.25) is 15.1 Å². The van der Waals surface area contributed by atoms with Crippen molar-refractivity contribution in [2.24, 2.45) is 5.92 Å². The maximum atomic E-state index is 13.3. The van der Waals surface area contributed by atoms with Crippen molar-refractivity contribution in [2.75, 3.05) is 23.3 Å². The molecule has 0 bridgehead atoms. The van der Waals surface area contributed by atoms with Gasteiger partial charge in [0.25, 0.3) is 5.69 Å². The third-order valence-corrected chi connectivity index (χ3v) is 8.34. The molecule has 1 aliphatic carbocycles. The van der Waals surface area contributed by atoms with Gasteiger partial charge < -0.3 is 19.7 Å². The van der Waals surface area contributed by atoms with Crippen LogP contribution in [0.25, 0.3) is 0 Å². The molecular weight excluding hydrogens is 620 g/mol. The first-order valence-electron chi connectivity index (χ1n) is 15.0. The Hall–Kier alpha value is -4.30. The Morgan fingerprint density at radius 2 is 1.65 bits per heavy atom. The molecule has 0 radical (unpaired) electrons. The first kappa shape index (κ1) is 33.1. The van der Waals surface area contributed by atoms with E-state index < -0.39 is 28.7 Å². The molecule has 3 heterocycles. The molecule has 248 valence electrons. The largest absolute Gasteiger partial charge is 0.573 e. The minimum atomic E-state index is -4.83. The maximum Gasteiger partial charge on any atom is 0.573 e. The number of rotatable bonds is 10. The van der Waals surface area contributed by atoms with Gasteiger partial charge in [0.15, 0.2) is 0 Å². The Bertz CT molecular complexity index is 1470. The van der Waals surface area contributed by atoms with Crippen LogP contribution in [0.15, 0.2) is 54.9 Å². The highest BCUT2D eigenvalue weighted by molar-refractivity contribution is 5.55. The van der Waals surface area contributed by atoms with Gasteiger partial charge in [0.1, 0.15) is 22.9 Å². The van der Waals surface area contributed by atoms with E-state index in [9.17, 15) is 36.5 Å². The summed E-state index contributed by atoms with van der Waals surface area (Å²) < 4.78 is 87.2. The van der Waals surface area contributed by atoms with Crippen molar-refractivity contribution >= 4 is 17.2 Å². The average molecular weight is 654 g/mol. The van der Waals surface area contributed by atoms with Crippen LogP contribution in [0, 0.1) is 16.0 Å². The Morgan fingerprint density at radius 3 is 2.28 bits per heavy atom. The number of pyridine rings is 2. The third-order valence-electron chi connectivity index (χ3n) is 8.34. The summed E-state index contributed by atoms with van der Waals surface area (Å²) in [5.74, 6) is 1.46. The number of hydrogen-bond donors (Lipinski definition) is 1. The molecule has 2 aromatic heterocycles. The number of nitro groups is 1. The smallest absolute Gasteiger partial charge is 0.490 e. The van der Waals surface area contributed by atoms with Gasteiger partial charge in [0.2, 0.25) is 0 Å². The fraction of sp³-hybridized carbons (Fsp3) is 0.484. The molecule has 9 nitrogen and oxygen atoms in total. The van der Waals surface area contributed by atoms with Crippen LogP contribution in [0.2, 0.25) is 0 Å². The highest BCUT2D eigenvalue weighted by atomic mass is 19.4. The molecule has 0 unspecified atom stereocenters. The number of nitro benzene ring substituents is 1. The SMILES string of the molecule is O=[N+]([O-])c1ccc(NC2CCC(Oc3ccnc(CCC4CCN(c5ccc(OC(F)(F)F)cn5)CC4)c3)CC2)cc1C(F)(F)F. The lowest BCUT2D eigenvalue weighted by molar-refractivity contribution is -0.388. The van der Waals surface area contributed by atoms with Crippen LogP contribution in [-0.4, -0.2) is 46.5 Å². The zero-order valence-electron chi connectivity index (χ0n) is 24.7. The predicted molar refractivity (Wildman–Crippen MR) is 157 cm³/mol. The van der Waals surface area contributed by atoms with Crippen LogP contribution < -0.4 is 19.7 Å². The summed E-state index contributed by atoms with van der Waals surface area (Å²) in [5, 5.41) is 14.1. The second-order valence-electron chi connectivity index (χ2n) is 11.6. The lowest BCUT2D eigenvalue weighted by atomic mass is 9.91. The lowest BCUT2D eigenvalue weighted by Crippen LogP contribution is -2.34. The van der Waals surface area contributed by atoms with Crippen molar-refractivity contribution in [1.29, 1.82) is 0 Å². The number of aromatic nitrogens is 2. The topological polar surface area (TPSA) is 103 Å². The Kier molecular flexibility index (Phi) is 10.1. The van der Waals surface area contributed by atoms with Crippen LogP contribution in [0.5, 0.6) is 11.5 Å². The summed E-state index contributed by atoms with van der Waals surface area (Å²) >= 11 is 0. The van der Waals surface area contributed by atoms with Gasteiger partial charge in [-0.25, -0.2) is 4.98 Å². The fourth-order valence-corrected chi connectivity index (χ4v) is 5.99. The third kappa shape index (κ3) is 9.13. The van der Waals surface area contributed by atoms with Crippen LogP contribution in [-0.2, 0) is 12.6 Å². The molecule has 5 rings (SSSR count). The van der Waals surface area contributed by atoms with Gasteiger partial charge >= 0.3 is 12.5 Å². The minimum absolute atomic E-state index is 0.0528. The van der Waals surface area contributed by atoms with Crippen molar-refractivity contribution in [2.45, 2.75) is 76.1 Å². The van der Waals surface area contributed by atoms with Gasteiger partial charge in [-0.05, 0) is 87.6 Å². The molecule has 1 saturated carbocycles. The predicted octanol–water partition coefficient (Wildman–Crippen LogP) is 7.95. The van der Waals surface area contributed by atoms with Crippen molar-refractivity contribution < 1.29 is 40.7 Å². The van der Waals surface area contributed by atoms with Gasteiger partial charge in [-0.1, -0.05) is 0 Å². The van der Waals surface area contributed by atoms with E-state index in [1.54, 1.807) is 12.3 Å². The first-order chi connectivity index (χ1) is 21.8. The van der Waals surface area contributed by atoms with Gasteiger partial charge in [0, 0.05) is 48.8 Å². The van der Waals surface area contributed by atoms with E-state index >= 15 is 0 Å². The monoisotopic (exact) mass is 653 g/mol. The van der Waals surface area contributed by atoms with E-state index in [4.69, 9.17) is 4.74 Å². The molecule has 46 heavy (non-hydrogen) atoms. The summed E-state index contributed by atoms with van der Waals surface area (Å²) in [4.78, 5) is 20.6. The molecule has 1 N–H and O–H groups in total. The summed E-state index contributed by atoms with van der Waals surface area (Å²) in [5.41, 5.74) is -1.14. The Morgan fingerprint density at radius 1 is 0.913 bits per heavy atom. The maximum absolute atomic E-state index is 13.3. The van der Waals surface area contributed by atoms with Gasteiger partial charge in [-0.15, -0.1) is 13.2 Å². The van der Waals surface area contributed by atoms with E-state index in [0.29, 0.717) is 43.2 Å². The van der Waals surface area contributed by atoms with Crippen LogP contribution in [0.3, 0.4) is 0 Å². The van der Waals surface area contributed by atoms with E-state index in [0.717, 1.165) is 62.8 Å². The first-order valence-corrected chi connectivity index (χ1v) is 15.0. The quantitative estimate of drug-likeness (QED) is 0.134. The number of hydrogen-bond acceptors (Lipinski definition) is 8. The van der Waals surface area contributed by atoms with E-state index in [-0.39, 0.29) is 23.6 Å². The number of ether oxygens (including phenoxy) is 2. The highest BCUT2D eigenvalue weighted by Crippen LogP contribution is 2.38. The fourth-order valence-electron chi connectivity index (χ4n) is 5.99. The van der Waals surface area contributed by atoms with Crippen molar-refractivity contribution in [3.63, 3.8) is 0 Å². The van der Waals surface area contributed by atoms with E-state index in [1.165, 1.54) is 18.2 Å². The molecular formula is C31H33F6N5O4. The minimum Gasteiger partial charge on any atom is -0.490 e. The second kappa shape index (κ2) is 14.0. The molecule has 1 saturated heterocycles. The van der Waals surface area contributed by atoms with Gasteiger partial charge in [-0.2, -0.15) is 13.2 Å². The Labute approximate surface area is 261 Å². The van der Waals surface area contributed by atoms with Gasteiger partial charge in [0.05, 0.1) is 17.2 Å². The summed E-state index contributed by atoms with van der Waals surface area (Å²) in [6.07, 6.45) is -0.564. The number of halogens is 6. The lowest BCUT2D eigenvalue weighted by Gasteiger charge is -2.33. The molecule has 1 aromatic carbocycles. The number of nitrogens with zero attached hydrogens (tertiary/aromatic N) is 4. The zero-order chi connectivity index (χ0) is 32.9. The van der Waals surface area contributed by atoms with Crippen molar-refractivity contribution in [3.05, 3.63) is 76.2 Å².